The summed E-state index contributed by atoms with van der Waals surface area (Å²) in [6.45, 7) is 0. The number of aliphatic hydroxyl groups excluding tert-OH is 6. The predicted octanol–water partition coefficient (Wildman–Crippen LogP) is -18.9. The summed E-state index contributed by atoms with van der Waals surface area (Å²) in [5, 5.41) is 107. The van der Waals surface area contributed by atoms with Crippen molar-refractivity contribution in [3.63, 3.8) is 0 Å². The standard InChI is InChI=1S/3C4H6O6.Na.H4O.Sb/c3*5-1(3(7)8)2(6)4(9)10;;;/h3*1-2,5-6H,(H,7,8)(H,9,10);;1H4;/q;;;+1;+2;+3/p-6. The zero-order valence-electron chi connectivity index (χ0n) is 16.2. The van der Waals surface area contributed by atoms with Crippen LogP contribution < -0.4 is 60.2 Å². The van der Waals surface area contributed by atoms with Crippen LogP contribution in [0, 0.1) is 0 Å². The first-order valence-corrected chi connectivity index (χ1v) is 6.73. The number of rotatable bonds is 9. The number of carboxylic acids is 6. The fraction of sp³-hybridized carbons (Fsp3) is 0.500. The molecule has 0 fully saturated rings. The molecule has 0 bridgehead atoms. The number of carboxylic acid groups (broad SMARTS) is 6. The second-order valence-corrected chi connectivity index (χ2v) is 4.58. The van der Waals surface area contributed by atoms with Crippen LogP contribution in [0.15, 0.2) is 0 Å². The van der Waals surface area contributed by atoms with Gasteiger partial charge in [-0.3, -0.25) is 0 Å². The molecule has 19 nitrogen and oxygen atoms in total. The average molecular weight is 609 g/mol. The molecule has 184 valence electrons. The molecular formula is C12H16NaO19Sb. The topological polar surface area (TPSA) is 397 Å². The molecule has 0 heterocycles. The first-order chi connectivity index (χ1) is 13.4. The largest absolute Gasteiger partial charge is 3.00 e. The molecule has 6 unspecified atom stereocenters. The molecule has 0 saturated carbocycles. The number of hydrogen-bond donors (Lipinski definition) is 6. The van der Waals surface area contributed by atoms with Gasteiger partial charge in [-0.15, -0.1) is 0 Å². The van der Waals surface area contributed by atoms with Crippen molar-refractivity contribution in [2.24, 2.45) is 0 Å². The molecular weight excluding hydrogens is 593 g/mol. The van der Waals surface area contributed by atoms with E-state index in [4.69, 9.17) is 30.6 Å². The molecule has 0 spiro atoms. The Morgan fingerprint density at radius 1 is 0.394 bits per heavy atom. The van der Waals surface area contributed by atoms with Gasteiger partial charge in [-0.05, 0) is 0 Å². The fourth-order valence-corrected chi connectivity index (χ4v) is 0.773. The monoisotopic (exact) mass is 608 g/mol. The maximum Gasteiger partial charge on any atom is 3.00 e. The van der Waals surface area contributed by atoms with Gasteiger partial charge in [0.15, 0.2) is 0 Å². The van der Waals surface area contributed by atoms with E-state index in [2.05, 4.69) is 0 Å². The van der Waals surface area contributed by atoms with E-state index in [0.29, 0.717) is 0 Å². The smallest absolute Gasteiger partial charge is 0.873 e. The van der Waals surface area contributed by atoms with E-state index in [1.165, 1.54) is 0 Å². The van der Waals surface area contributed by atoms with E-state index in [9.17, 15) is 59.4 Å². The normalized spacial score (nSPS) is 14.4. The maximum absolute atomic E-state index is 9.63. The molecule has 6 atom stereocenters. The Morgan fingerprint density at radius 3 is 0.485 bits per heavy atom. The zero-order chi connectivity index (χ0) is 24.9. The molecule has 0 aliphatic carbocycles. The minimum atomic E-state index is -2.44. The van der Waals surface area contributed by atoms with Crippen molar-refractivity contribution in [1.82, 2.24) is 0 Å². The Labute approximate surface area is 221 Å². The van der Waals surface area contributed by atoms with Crippen molar-refractivity contribution in [2.75, 3.05) is 0 Å². The van der Waals surface area contributed by atoms with E-state index < -0.39 is 72.4 Å². The minimum absolute atomic E-state index is 0. The first kappa shape index (κ1) is 44.9. The van der Waals surface area contributed by atoms with Crippen LogP contribution in [0.25, 0.3) is 0 Å². The second-order valence-electron chi connectivity index (χ2n) is 4.58. The van der Waals surface area contributed by atoms with Crippen molar-refractivity contribution >= 4 is 60.2 Å². The zero-order valence-corrected chi connectivity index (χ0v) is 20.8. The van der Waals surface area contributed by atoms with Gasteiger partial charge in [0.2, 0.25) is 0 Å². The molecule has 0 aromatic carbocycles. The van der Waals surface area contributed by atoms with Gasteiger partial charge < -0.3 is 95.5 Å². The SMILES string of the molecule is O=C([O-])C(O)C(O)C(=O)[O-].O=C([O-])C(O)C(O)C(=O)[O-].O=C([O-])C(O)C(O)C(=O)[O-].[Na+].[OH4+2].[Sb+3]. The summed E-state index contributed by atoms with van der Waals surface area (Å²) in [5.74, 6) is -12.4. The van der Waals surface area contributed by atoms with Gasteiger partial charge in [0, 0.05) is 0 Å². The van der Waals surface area contributed by atoms with Crippen molar-refractivity contribution in [3.8, 4) is 0 Å². The molecule has 0 aromatic heterocycles. The van der Waals surface area contributed by atoms with Crippen LogP contribution in [0.1, 0.15) is 0 Å². The van der Waals surface area contributed by atoms with Crippen LogP contribution in [0.3, 0.4) is 0 Å². The van der Waals surface area contributed by atoms with E-state index in [1.807, 2.05) is 0 Å². The maximum atomic E-state index is 9.63. The Kier molecular flexibility index (Phi) is 30.2. The number of carbonyl (C=O) groups excluding carboxylic acids is 6. The summed E-state index contributed by atoms with van der Waals surface area (Å²) in [5.41, 5.74) is 0. The molecule has 0 aliphatic heterocycles. The molecule has 0 amide bonds. The Hall–Kier alpha value is -1.64. The van der Waals surface area contributed by atoms with Crippen LogP contribution in [-0.4, -0.2) is 128 Å². The number of carbonyl (C=O) groups is 6. The summed E-state index contributed by atoms with van der Waals surface area (Å²) in [6.07, 6.45) is -14.6. The summed E-state index contributed by atoms with van der Waals surface area (Å²) < 4.78 is 0. The van der Waals surface area contributed by atoms with Gasteiger partial charge >= 0.3 is 54.0 Å². The average Bonchev–Trinajstić information content (AvgIpc) is 2.64. The number of hydrogen-bond acceptors (Lipinski definition) is 18. The first-order valence-electron chi connectivity index (χ1n) is 6.73. The van der Waals surface area contributed by atoms with E-state index >= 15 is 0 Å². The van der Waals surface area contributed by atoms with Crippen molar-refractivity contribution in [2.45, 2.75) is 36.6 Å². The van der Waals surface area contributed by atoms with Gasteiger partial charge in [0.1, 0.15) is 36.6 Å². The van der Waals surface area contributed by atoms with Crippen molar-refractivity contribution < 1.29 is 125 Å². The van der Waals surface area contributed by atoms with Gasteiger partial charge in [-0.25, -0.2) is 0 Å². The van der Waals surface area contributed by atoms with E-state index in [0.717, 1.165) is 0 Å². The summed E-state index contributed by atoms with van der Waals surface area (Å²) in [6, 6.07) is 0. The van der Waals surface area contributed by atoms with Gasteiger partial charge in [0.05, 0.1) is 35.8 Å². The van der Waals surface area contributed by atoms with Gasteiger partial charge in [-0.1, -0.05) is 0 Å². The molecule has 0 rings (SSSR count). The van der Waals surface area contributed by atoms with Crippen molar-refractivity contribution in [1.29, 1.82) is 0 Å². The van der Waals surface area contributed by atoms with Crippen molar-refractivity contribution in [3.05, 3.63) is 0 Å². The second kappa shape index (κ2) is 22.2. The van der Waals surface area contributed by atoms with Crippen LogP contribution in [-0.2, 0) is 34.2 Å². The summed E-state index contributed by atoms with van der Waals surface area (Å²) in [4.78, 5) is 57.8. The van der Waals surface area contributed by atoms with Crippen LogP contribution in [0.4, 0.5) is 0 Å². The quantitative estimate of drug-likeness (QED) is 0.132. The van der Waals surface area contributed by atoms with Gasteiger partial charge in [-0.2, -0.15) is 0 Å². The third-order valence-electron chi connectivity index (χ3n) is 2.35. The Morgan fingerprint density at radius 2 is 0.455 bits per heavy atom. The number of aliphatic hydroxyl groups is 6. The molecule has 0 aliphatic rings. The predicted molar refractivity (Wildman–Crippen MR) is 78.1 cm³/mol. The Balaban J connectivity index is -0.0000000792. The number of aliphatic carboxylic acids is 6. The molecule has 0 aromatic rings. The fourth-order valence-electron chi connectivity index (χ4n) is 0.773. The van der Waals surface area contributed by atoms with E-state index in [-0.39, 0.29) is 59.5 Å². The summed E-state index contributed by atoms with van der Waals surface area (Å²) >= 11 is 0. The molecule has 33 heavy (non-hydrogen) atoms. The van der Waals surface area contributed by atoms with Crippen LogP contribution in [0.2, 0.25) is 0 Å². The van der Waals surface area contributed by atoms with E-state index in [1.54, 1.807) is 0 Å². The molecule has 2 radical (unpaired) electrons. The third kappa shape index (κ3) is 20.7. The molecule has 10 N–H and O–H groups in total. The Bertz CT molecular complexity index is 501. The molecule has 0 saturated heterocycles. The van der Waals surface area contributed by atoms with Gasteiger partial charge in [0.25, 0.3) is 0 Å². The summed E-state index contributed by atoms with van der Waals surface area (Å²) in [7, 11) is 0. The minimum Gasteiger partial charge on any atom is -0.873 e. The molecule has 21 heteroatoms. The third-order valence-corrected chi connectivity index (χ3v) is 2.35. The van der Waals surface area contributed by atoms with Crippen LogP contribution in [0.5, 0.6) is 0 Å². The van der Waals surface area contributed by atoms with Crippen LogP contribution >= 0.6 is 0 Å².